The second kappa shape index (κ2) is 9.01. The Morgan fingerprint density at radius 2 is 1.86 bits per heavy atom. The average molecular weight is 487 g/mol. The van der Waals surface area contributed by atoms with Gasteiger partial charge in [-0.1, -0.05) is 18.6 Å². The van der Waals surface area contributed by atoms with E-state index in [4.69, 9.17) is 0 Å². The summed E-state index contributed by atoms with van der Waals surface area (Å²) >= 11 is 0. The second-order valence-corrected chi connectivity index (χ2v) is 8.21. The number of aryl methyl sites for hydroxylation is 2. The maximum Gasteiger partial charge on any atom is 0.573 e. The van der Waals surface area contributed by atoms with Gasteiger partial charge in [0.1, 0.15) is 29.4 Å². The third kappa shape index (κ3) is 5.10. The first-order chi connectivity index (χ1) is 16.7. The van der Waals surface area contributed by atoms with E-state index in [-0.39, 0.29) is 17.4 Å². The fourth-order valence-electron chi connectivity index (χ4n) is 4.15. The van der Waals surface area contributed by atoms with Crippen LogP contribution in [0.1, 0.15) is 42.4 Å². The standard InChI is InChI=1S/C23H21F4N7O/c1-14-28-13-34(31-14)20-10-7-16(12-19(20)24)29-22-30-21-18(4-2-3-11-33(21)32-22)15-5-8-17(9-6-15)35-23(25,26)27/h5-10,12-13,18H,2-4,11H2,1H3,(H,29,32)/t18-/m1/s1. The quantitative estimate of drug-likeness (QED) is 0.387. The van der Waals surface area contributed by atoms with Crippen LogP contribution in [0.25, 0.3) is 5.69 Å². The number of nitrogens with one attached hydrogen (secondary N) is 1. The molecule has 0 fully saturated rings. The average Bonchev–Trinajstić information content (AvgIpc) is 3.34. The number of fused-ring (bicyclic) bond motifs is 1. The molecule has 0 bridgehead atoms. The number of hydrogen-bond acceptors (Lipinski definition) is 6. The van der Waals surface area contributed by atoms with E-state index in [9.17, 15) is 17.6 Å². The molecule has 0 radical (unpaired) electrons. The van der Waals surface area contributed by atoms with Crippen molar-refractivity contribution < 1.29 is 22.3 Å². The van der Waals surface area contributed by atoms with Crippen LogP contribution in [-0.4, -0.2) is 35.9 Å². The number of anilines is 2. The normalized spacial score (nSPS) is 16.0. The van der Waals surface area contributed by atoms with Crippen molar-refractivity contribution in [3.8, 4) is 11.4 Å². The highest BCUT2D eigenvalue weighted by Gasteiger charge is 2.31. The van der Waals surface area contributed by atoms with Crippen molar-refractivity contribution in [3.63, 3.8) is 0 Å². The largest absolute Gasteiger partial charge is 0.573 e. The summed E-state index contributed by atoms with van der Waals surface area (Å²) in [6.07, 6.45) is -0.707. The van der Waals surface area contributed by atoms with Gasteiger partial charge in [0.05, 0.1) is 0 Å². The summed E-state index contributed by atoms with van der Waals surface area (Å²) in [5.41, 5.74) is 1.55. The number of ether oxygens (including phenoxy) is 1. The molecule has 0 saturated carbocycles. The SMILES string of the molecule is Cc1ncn(-c2ccc(Nc3nc4n(n3)CCCC[C@@H]4c3ccc(OC(F)(F)F)cc3)cc2F)n1. The van der Waals surface area contributed by atoms with Crippen LogP contribution in [0.2, 0.25) is 0 Å². The molecule has 182 valence electrons. The molecule has 0 aliphatic carbocycles. The highest BCUT2D eigenvalue weighted by Crippen LogP contribution is 2.34. The maximum atomic E-state index is 14.7. The Kier molecular flexibility index (Phi) is 5.87. The van der Waals surface area contributed by atoms with Gasteiger partial charge in [-0.15, -0.1) is 18.3 Å². The molecule has 1 aliphatic heterocycles. The Hall–Kier alpha value is -3.96. The van der Waals surface area contributed by atoms with Gasteiger partial charge in [0, 0.05) is 18.2 Å². The van der Waals surface area contributed by atoms with Gasteiger partial charge in [-0.3, -0.25) is 0 Å². The van der Waals surface area contributed by atoms with Crippen molar-refractivity contribution in [3.05, 3.63) is 71.8 Å². The summed E-state index contributed by atoms with van der Waals surface area (Å²) in [5, 5.41) is 11.7. The fourth-order valence-corrected chi connectivity index (χ4v) is 4.15. The zero-order valence-corrected chi connectivity index (χ0v) is 18.6. The van der Waals surface area contributed by atoms with Crippen molar-refractivity contribution in [2.24, 2.45) is 0 Å². The van der Waals surface area contributed by atoms with Crippen molar-refractivity contribution in [2.75, 3.05) is 5.32 Å². The molecule has 5 rings (SSSR count). The number of benzene rings is 2. The van der Waals surface area contributed by atoms with E-state index in [2.05, 4.69) is 30.2 Å². The lowest BCUT2D eigenvalue weighted by atomic mass is 9.93. The number of hydrogen-bond donors (Lipinski definition) is 1. The van der Waals surface area contributed by atoms with Crippen LogP contribution in [0.4, 0.5) is 29.2 Å². The molecule has 2 aromatic heterocycles. The van der Waals surface area contributed by atoms with E-state index in [1.807, 2.05) is 0 Å². The van der Waals surface area contributed by atoms with Crippen LogP contribution in [0.5, 0.6) is 5.75 Å². The first kappa shape index (κ1) is 22.8. The highest BCUT2D eigenvalue weighted by molar-refractivity contribution is 5.56. The number of nitrogens with zero attached hydrogens (tertiary/aromatic N) is 6. The van der Waals surface area contributed by atoms with Gasteiger partial charge >= 0.3 is 6.36 Å². The van der Waals surface area contributed by atoms with Gasteiger partial charge in [0.2, 0.25) is 5.95 Å². The van der Waals surface area contributed by atoms with E-state index in [1.54, 1.807) is 35.9 Å². The van der Waals surface area contributed by atoms with Gasteiger partial charge in [0.25, 0.3) is 0 Å². The molecule has 1 atom stereocenters. The Morgan fingerprint density at radius 3 is 2.54 bits per heavy atom. The molecule has 12 heteroatoms. The predicted octanol–water partition coefficient (Wildman–Crippen LogP) is 5.26. The Bertz CT molecular complexity index is 1330. The van der Waals surface area contributed by atoms with Crippen LogP contribution >= 0.6 is 0 Å². The smallest absolute Gasteiger partial charge is 0.406 e. The Balaban J connectivity index is 1.37. The molecule has 3 heterocycles. The lowest BCUT2D eigenvalue weighted by Crippen LogP contribution is -2.17. The van der Waals surface area contributed by atoms with E-state index in [0.717, 1.165) is 24.8 Å². The topological polar surface area (TPSA) is 82.7 Å². The van der Waals surface area contributed by atoms with Gasteiger partial charge in [0.15, 0.2) is 5.82 Å². The molecule has 8 nitrogen and oxygen atoms in total. The summed E-state index contributed by atoms with van der Waals surface area (Å²) in [7, 11) is 0. The van der Waals surface area contributed by atoms with E-state index in [0.29, 0.717) is 29.8 Å². The van der Waals surface area contributed by atoms with E-state index in [1.165, 1.54) is 29.2 Å². The Labute approximate surface area is 197 Å². The molecule has 0 spiro atoms. The van der Waals surface area contributed by atoms with Crippen molar-refractivity contribution >= 4 is 11.6 Å². The molecule has 35 heavy (non-hydrogen) atoms. The minimum Gasteiger partial charge on any atom is -0.406 e. The molecule has 0 unspecified atom stereocenters. The van der Waals surface area contributed by atoms with Crippen LogP contribution < -0.4 is 10.1 Å². The van der Waals surface area contributed by atoms with E-state index < -0.39 is 12.2 Å². The van der Waals surface area contributed by atoms with Crippen molar-refractivity contribution in [1.82, 2.24) is 29.5 Å². The van der Waals surface area contributed by atoms with Gasteiger partial charge < -0.3 is 10.1 Å². The number of alkyl halides is 3. The fraction of sp³-hybridized carbons (Fsp3) is 0.304. The number of aromatic nitrogens is 6. The zero-order valence-electron chi connectivity index (χ0n) is 18.6. The molecular weight excluding hydrogens is 466 g/mol. The van der Waals surface area contributed by atoms with Crippen LogP contribution in [0.15, 0.2) is 48.8 Å². The van der Waals surface area contributed by atoms with Gasteiger partial charge in [-0.2, -0.15) is 10.1 Å². The van der Waals surface area contributed by atoms with Gasteiger partial charge in [-0.25, -0.2) is 18.7 Å². The first-order valence-electron chi connectivity index (χ1n) is 11.0. The summed E-state index contributed by atoms with van der Waals surface area (Å²) in [5.74, 6) is 0.643. The summed E-state index contributed by atoms with van der Waals surface area (Å²) in [6, 6.07) is 10.4. The van der Waals surface area contributed by atoms with Crippen molar-refractivity contribution in [1.29, 1.82) is 0 Å². The molecule has 0 saturated heterocycles. The summed E-state index contributed by atoms with van der Waals surface area (Å²) in [6.45, 7) is 2.38. The molecule has 4 aromatic rings. The van der Waals surface area contributed by atoms with Gasteiger partial charge in [-0.05, 0) is 55.7 Å². The lowest BCUT2D eigenvalue weighted by molar-refractivity contribution is -0.274. The zero-order chi connectivity index (χ0) is 24.6. The van der Waals surface area contributed by atoms with Crippen LogP contribution in [-0.2, 0) is 6.54 Å². The Morgan fingerprint density at radius 1 is 1.06 bits per heavy atom. The predicted molar refractivity (Wildman–Crippen MR) is 118 cm³/mol. The third-order valence-corrected chi connectivity index (χ3v) is 5.70. The van der Waals surface area contributed by atoms with Crippen LogP contribution in [0, 0.1) is 12.7 Å². The van der Waals surface area contributed by atoms with Crippen molar-refractivity contribution in [2.45, 2.75) is 45.0 Å². The monoisotopic (exact) mass is 487 g/mol. The minimum absolute atomic E-state index is 0.143. The molecular formula is C23H21F4N7O. The lowest BCUT2D eigenvalue weighted by Gasteiger charge is -2.15. The summed E-state index contributed by atoms with van der Waals surface area (Å²) < 4.78 is 59.3. The molecule has 2 aromatic carbocycles. The summed E-state index contributed by atoms with van der Waals surface area (Å²) in [4.78, 5) is 8.65. The van der Waals surface area contributed by atoms with E-state index >= 15 is 0 Å². The minimum atomic E-state index is -4.74. The first-order valence-corrected chi connectivity index (χ1v) is 11.0. The number of halogens is 4. The second-order valence-electron chi connectivity index (χ2n) is 8.21. The maximum absolute atomic E-state index is 14.7. The number of rotatable bonds is 5. The highest BCUT2D eigenvalue weighted by atomic mass is 19.4. The molecule has 0 amide bonds. The molecule has 1 aliphatic rings. The third-order valence-electron chi connectivity index (χ3n) is 5.70. The van der Waals surface area contributed by atoms with Crippen LogP contribution in [0.3, 0.4) is 0 Å². The molecule has 1 N–H and O–H groups in total.